The van der Waals surface area contributed by atoms with Crippen molar-refractivity contribution in [3.63, 3.8) is 0 Å². The van der Waals surface area contributed by atoms with Gasteiger partial charge in [0.25, 0.3) is 5.91 Å². The van der Waals surface area contributed by atoms with Gasteiger partial charge in [-0.05, 0) is 93.1 Å². The van der Waals surface area contributed by atoms with Crippen LogP contribution < -0.4 is 19.7 Å². The predicted molar refractivity (Wildman–Crippen MR) is 191 cm³/mol. The number of aromatic hydroxyl groups is 1. The van der Waals surface area contributed by atoms with Crippen molar-refractivity contribution in [2.24, 2.45) is 5.92 Å². The summed E-state index contributed by atoms with van der Waals surface area (Å²) in [5.74, 6) is 1.68. The highest BCUT2D eigenvalue weighted by Crippen LogP contribution is 2.46. The van der Waals surface area contributed by atoms with Crippen LogP contribution in [0.5, 0.6) is 17.2 Å². The van der Waals surface area contributed by atoms with E-state index in [2.05, 4.69) is 59.3 Å². The van der Waals surface area contributed by atoms with Crippen molar-refractivity contribution in [3.8, 4) is 17.2 Å². The molecule has 3 amide bonds. The third-order valence-corrected chi connectivity index (χ3v) is 11.0. The van der Waals surface area contributed by atoms with Crippen molar-refractivity contribution < 1.29 is 29.0 Å². The van der Waals surface area contributed by atoms with Gasteiger partial charge < -0.3 is 24.4 Å². The van der Waals surface area contributed by atoms with E-state index in [1.54, 1.807) is 17.0 Å². The minimum atomic E-state index is -0.588. The van der Waals surface area contributed by atoms with E-state index in [0.29, 0.717) is 31.1 Å². The Hall–Kier alpha value is -4.57. The SMILES string of the molecule is CC[C@H]1[C@@H](c2ccc(OCCCCCN3CCN(c4ccc5c(c4)CN(C4CCC(=O)NC4=O)C5=O)CC3)cc2)c2ccc(O)cc2O[C@@H]1C. The number of benzene rings is 3. The van der Waals surface area contributed by atoms with Crippen LogP contribution in [0.2, 0.25) is 0 Å². The third-order valence-electron chi connectivity index (χ3n) is 11.0. The average Bonchev–Trinajstić information content (AvgIpc) is 3.44. The number of anilines is 1. The standard InChI is InChI=1S/C40H48N4O6/c1-3-32-26(2)50-36-24-30(45)10-14-34(36)38(32)27-7-11-31(12-8-27)49-22-6-4-5-17-42-18-20-43(21-19-42)29-9-13-33-28(23-29)25-44(40(33)48)35-15-16-37(46)41-39(35)47/h7-14,23-24,26,32,35,38,45H,3-6,15-22,25H2,1-2H3,(H,41,46,47)/t26-,32-,35?,38-/m1/s1. The highest BCUT2D eigenvalue weighted by Gasteiger charge is 2.39. The number of carbonyl (C=O) groups excluding carboxylic acids is 3. The Labute approximate surface area is 294 Å². The number of imide groups is 1. The molecule has 4 atom stereocenters. The molecule has 7 rings (SSSR count). The molecule has 10 heteroatoms. The van der Waals surface area contributed by atoms with Gasteiger partial charge in [-0.3, -0.25) is 24.6 Å². The number of rotatable bonds is 11. The van der Waals surface area contributed by atoms with Gasteiger partial charge in [0, 0.05) is 73.9 Å². The van der Waals surface area contributed by atoms with E-state index in [9.17, 15) is 19.5 Å². The number of hydrogen-bond donors (Lipinski definition) is 2. The first-order valence-corrected chi connectivity index (χ1v) is 18.3. The Balaban J connectivity index is 0.825. The zero-order valence-corrected chi connectivity index (χ0v) is 29.1. The first-order chi connectivity index (χ1) is 24.3. The first-order valence-electron chi connectivity index (χ1n) is 18.3. The number of unbranched alkanes of at least 4 members (excludes halogenated alkanes) is 2. The lowest BCUT2D eigenvalue weighted by atomic mass is 9.75. The lowest BCUT2D eigenvalue weighted by Gasteiger charge is -2.38. The number of nitrogens with zero attached hydrogens (tertiary/aromatic N) is 3. The van der Waals surface area contributed by atoms with Crippen LogP contribution in [-0.2, 0) is 16.1 Å². The second kappa shape index (κ2) is 14.7. The van der Waals surface area contributed by atoms with E-state index >= 15 is 0 Å². The van der Waals surface area contributed by atoms with Crippen molar-refractivity contribution >= 4 is 23.4 Å². The van der Waals surface area contributed by atoms with Crippen molar-refractivity contribution in [2.75, 3.05) is 44.2 Å². The molecule has 3 aromatic carbocycles. The summed E-state index contributed by atoms with van der Waals surface area (Å²) in [6.07, 6.45) is 4.97. The molecule has 4 heterocycles. The van der Waals surface area contributed by atoms with Gasteiger partial charge in [-0.15, -0.1) is 0 Å². The maximum atomic E-state index is 13.1. The van der Waals surface area contributed by atoms with Crippen LogP contribution >= 0.6 is 0 Å². The summed E-state index contributed by atoms with van der Waals surface area (Å²) in [6, 6.07) is 19.4. The second-order valence-corrected chi connectivity index (χ2v) is 14.1. The summed E-state index contributed by atoms with van der Waals surface area (Å²) in [6.45, 7) is 10.4. The molecule has 50 heavy (non-hydrogen) atoms. The van der Waals surface area contributed by atoms with Crippen LogP contribution in [0.4, 0.5) is 5.69 Å². The highest BCUT2D eigenvalue weighted by molar-refractivity contribution is 6.05. The first kappa shape index (κ1) is 33.9. The smallest absolute Gasteiger partial charge is 0.255 e. The molecule has 264 valence electrons. The number of carbonyl (C=O) groups is 3. The van der Waals surface area contributed by atoms with Crippen molar-refractivity contribution in [3.05, 3.63) is 82.9 Å². The lowest BCUT2D eigenvalue weighted by Crippen LogP contribution is -2.52. The van der Waals surface area contributed by atoms with Gasteiger partial charge in [0.15, 0.2) is 0 Å². The van der Waals surface area contributed by atoms with Gasteiger partial charge in [-0.25, -0.2) is 0 Å². The summed E-state index contributed by atoms with van der Waals surface area (Å²) >= 11 is 0. The predicted octanol–water partition coefficient (Wildman–Crippen LogP) is 5.46. The summed E-state index contributed by atoms with van der Waals surface area (Å²) < 4.78 is 12.3. The van der Waals surface area contributed by atoms with E-state index in [4.69, 9.17) is 9.47 Å². The average molecular weight is 681 g/mol. The molecule has 1 unspecified atom stereocenters. The van der Waals surface area contributed by atoms with E-state index in [0.717, 1.165) is 86.7 Å². The Bertz CT molecular complexity index is 1720. The van der Waals surface area contributed by atoms with E-state index in [1.807, 2.05) is 18.2 Å². The second-order valence-electron chi connectivity index (χ2n) is 14.1. The Kier molecular flexibility index (Phi) is 9.99. The van der Waals surface area contributed by atoms with E-state index < -0.39 is 6.04 Å². The van der Waals surface area contributed by atoms with Crippen molar-refractivity contribution in [1.29, 1.82) is 0 Å². The third kappa shape index (κ3) is 7.03. The number of nitrogens with one attached hydrogen (secondary N) is 1. The zero-order chi connectivity index (χ0) is 34.8. The van der Waals surface area contributed by atoms with E-state index in [-0.39, 0.29) is 41.9 Å². The van der Waals surface area contributed by atoms with Crippen molar-refractivity contribution in [2.45, 2.75) is 77.0 Å². The minimum Gasteiger partial charge on any atom is -0.508 e. The van der Waals surface area contributed by atoms with Crippen LogP contribution in [0, 0.1) is 5.92 Å². The molecular weight excluding hydrogens is 632 g/mol. The zero-order valence-electron chi connectivity index (χ0n) is 29.1. The largest absolute Gasteiger partial charge is 0.508 e. The Morgan fingerprint density at radius 1 is 0.940 bits per heavy atom. The molecule has 0 saturated carbocycles. The minimum absolute atomic E-state index is 0.0681. The lowest BCUT2D eigenvalue weighted by molar-refractivity contribution is -0.136. The molecule has 0 aliphatic carbocycles. The number of phenols is 1. The van der Waals surface area contributed by atoms with Gasteiger partial charge in [0.1, 0.15) is 23.3 Å². The number of ether oxygens (including phenoxy) is 2. The van der Waals surface area contributed by atoms with Gasteiger partial charge >= 0.3 is 0 Å². The molecule has 2 saturated heterocycles. The highest BCUT2D eigenvalue weighted by atomic mass is 16.5. The van der Waals surface area contributed by atoms with E-state index in [1.165, 1.54) is 5.56 Å². The van der Waals surface area contributed by atoms with Crippen LogP contribution in [0.1, 0.15) is 85.3 Å². The molecule has 0 bridgehead atoms. The molecule has 3 aromatic rings. The number of amides is 3. The molecule has 0 spiro atoms. The van der Waals surface area contributed by atoms with Crippen LogP contribution in [-0.4, -0.2) is 84.1 Å². The normalized spacial score (nSPS) is 23.7. The van der Waals surface area contributed by atoms with Gasteiger partial charge in [0.2, 0.25) is 11.8 Å². The fourth-order valence-corrected chi connectivity index (χ4v) is 8.23. The molecule has 2 fully saturated rings. The number of piperidine rings is 1. The fourth-order valence-electron chi connectivity index (χ4n) is 8.23. The fraction of sp³-hybridized carbons (Fsp3) is 0.475. The molecular formula is C40H48N4O6. The maximum Gasteiger partial charge on any atom is 0.255 e. The molecule has 0 aromatic heterocycles. The van der Waals surface area contributed by atoms with Crippen LogP contribution in [0.3, 0.4) is 0 Å². The summed E-state index contributed by atoms with van der Waals surface area (Å²) in [7, 11) is 0. The van der Waals surface area contributed by atoms with Crippen LogP contribution in [0.25, 0.3) is 0 Å². The monoisotopic (exact) mass is 680 g/mol. The molecule has 4 aliphatic heterocycles. The van der Waals surface area contributed by atoms with Gasteiger partial charge in [-0.2, -0.15) is 0 Å². The summed E-state index contributed by atoms with van der Waals surface area (Å²) in [5, 5.41) is 12.4. The molecule has 4 aliphatic rings. The van der Waals surface area contributed by atoms with Crippen molar-refractivity contribution in [1.82, 2.24) is 15.1 Å². The Morgan fingerprint density at radius 3 is 2.50 bits per heavy atom. The Morgan fingerprint density at radius 2 is 1.74 bits per heavy atom. The molecule has 10 nitrogen and oxygen atoms in total. The number of piperazine rings is 1. The van der Waals surface area contributed by atoms with Crippen LogP contribution in [0.15, 0.2) is 60.7 Å². The molecule has 2 N–H and O–H groups in total. The maximum absolute atomic E-state index is 13.1. The quantitative estimate of drug-likeness (QED) is 0.203. The number of phenolic OH excluding ortho intramolecular Hbond substituents is 1. The number of fused-ring (bicyclic) bond motifs is 2. The number of hydrogen-bond acceptors (Lipinski definition) is 8. The summed E-state index contributed by atoms with van der Waals surface area (Å²) in [5.41, 5.74) is 5.09. The van der Waals surface area contributed by atoms with Gasteiger partial charge in [0.05, 0.1) is 12.7 Å². The van der Waals surface area contributed by atoms with Gasteiger partial charge in [-0.1, -0.05) is 25.1 Å². The molecule has 0 radical (unpaired) electrons. The topological polar surface area (TPSA) is 112 Å². The summed E-state index contributed by atoms with van der Waals surface area (Å²) in [4.78, 5) is 43.5.